The number of fused-ring (bicyclic) bond motifs is 2. The normalized spacial score (nSPS) is 11.3. The summed E-state index contributed by atoms with van der Waals surface area (Å²) in [5.41, 5.74) is 2.01. The lowest BCUT2D eigenvalue weighted by Gasteiger charge is -2.04. The van der Waals surface area contributed by atoms with Gasteiger partial charge in [-0.05, 0) is 22.6 Å². The second kappa shape index (κ2) is 4.95. The highest BCUT2D eigenvalue weighted by Crippen LogP contribution is 2.28. The maximum Gasteiger partial charge on any atom is 0.372 e. The first-order valence-electron chi connectivity index (χ1n) is 6.66. The zero-order valence-electron chi connectivity index (χ0n) is 11.6. The van der Waals surface area contributed by atoms with Crippen LogP contribution in [0.3, 0.4) is 0 Å². The van der Waals surface area contributed by atoms with Crippen molar-refractivity contribution in [3.63, 3.8) is 0 Å². The molecule has 10 heteroatoms. The molecule has 4 aromatic rings. The number of benzene rings is 1. The third-order valence-electron chi connectivity index (χ3n) is 3.45. The van der Waals surface area contributed by atoms with Gasteiger partial charge in [0.05, 0.1) is 11.0 Å². The molecule has 3 aromatic heterocycles. The SMILES string of the molecule is O=c1[nH]c2ccc(CNc3nc4sccn4c3[N+](=O)[O-])cc2[nH]1. The van der Waals surface area contributed by atoms with E-state index < -0.39 is 4.92 Å². The third kappa shape index (κ3) is 2.25. The highest BCUT2D eigenvalue weighted by atomic mass is 32.1. The number of hydrogen-bond acceptors (Lipinski definition) is 6. The number of nitrogens with one attached hydrogen (secondary N) is 3. The molecule has 4 rings (SSSR count). The van der Waals surface area contributed by atoms with E-state index in [2.05, 4.69) is 20.3 Å². The highest BCUT2D eigenvalue weighted by molar-refractivity contribution is 7.15. The molecule has 0 aliphatic heterocycles. The van der Waals surface area contributed by atoms with Gasteiger partial charge in [0.25, 0.3) is 4.96 Å². The molecule has 0 bridgehead atoms. The minimum absolute atomic E-state index is 0.0858. The Morgan fingerprint density at radius 1 is 1.35 bits per heavy atom. The molecule has 1 aromatic carbocycles. The van der Waals surface area contributed by atoms with Gasteiger partial charge in [-0.15, -0.1) is 0 Å². The Morgan fingerprint density at radius 2 is 2.17 bits per heavy atom. The van der Waals surface area contributed by atoms with Crippen LogP contribution >= 0.6 is 11.3 Å². The molecule has 0 fully saturated rings. The van der Waals surface area contributed by atoms with Gasteiger partial charge in [0, 0.05) is 11.9 Å². The average molecular weight is 330 g/mol. The van der Waals surface area contributed by atoms with Crippen molar-refractivity contribution < 1.29 is 4.92 Å². The quantitative estimate of drug-likeness (QED) is 0.391. The topological polar surface area (TPSA) is 121 Å². The lowest BCUT2D eigenvalue weighted by atomic mass is 10.2. The Labute approximate surface area is 131 Å². The number of aromatic amines is 2. The first kappa shape index (κ1) is 13.5. The number of rotatable bonds is 4. The van der Waals surface area contributed by atoms with Gasteiger partial charge in [0.1, 0.15) is 6.20 Å². The van der Waals surface area contributed by atoms with Crippen LogP contribution in [0.15, 0.2) is 34.6 Å². The number of hydrogen-bond donors (Lipinski definition) is 3. The Balaban J connectivity index is 1.64. The molecule has 3 heterocycles. The number of nitrogens with zero attached hydrogens (tertiary/aromatic N) is 3. The van der Waals surface area contributed by atoms with Crippen molar-refractivity contribution in [1.82, 2.24) is 19.4 Å². The van der Waals surface area contributed by atoms with E-state index in [1.54, 1.807) is 17.6 Å². The summed E-state index contributed by atoms with van der Waals surface area (Å²) in [4.78, 5) is 32.2. The smallest absolute Gasteiger partial charge is 0.359 e. The fourth-order valence-electron chi connectivity index (χ4n) is 2.44. The van der Waals surface area contributed by atoms with Gasteiger partial charge in [0.2, 0.25) is 5.82 Å². The molecular weight excluding hydrogens is 320 g/mol. The van der Waals surface area contributed by atoms with Crippen LogP contribution in [0, 0.1) is 10.1 Å². The number of thiazole rings is 1. The molecule has 9 nitrogen and oxygen atoms in total. The number of aromatic nitrogens is 4. The van der Waals surface area contributed by atoms with Crippen molar-refractivity contribution in [3.05, 3.63) is 55.9 Å². The van der Waals surface area contributed by atoms with Crippen molar-refractivity contribution in [1.29, 1.82) is 0 Å². The molecule has 0 saturated carbocycles. The molecule has 0 unspecified atom stereocenters. The van der Waals surface area contributed by atoms with Gasteiger partial charge in [-0.2, -0.15) is 9.38 Å². The van der Waals surface area contributed by atoms with E-state index >= 15 is 0 Å². The summed E-state index contributed by atoms with van der Waals surface area (Å²) in [5.74, 6) is 0.141. The molecule has 0 atom stereocenters. The van der Waals surface area contributed by atoms with E-state index in [0.29, 0.717) is 22.5 Å². The van der Waals surface area contributed by atoms with Crippen LogP contribution in [0.1, 0.15) is 5.56 Å². The first-order valence-corrected chi connectivity index (χ1v) is 7.54. The summed E-state index contributed by atoms with van der Waals surface area (Å²) in [6.07, 6.45) is 1.62. The summed E-state index contributed by atoms with van der Waals surface area (Å²) >= 11 is 1.33. The van der Waals surface area contributed by atoms with Gasteiger partial charge < -0.3 is 25.4 Å². The minimum Gasteiger partial charge on any atom is -0.359 e. The van der Waals surface area contributed by atoms with Crippen LogP contribution in [-0.4, -0.2) is 24.3 Å². The van der Waals surface area contributed by atoms with Crippen LogP contribution in [0.2, 0.25) is 0 Å². The molecule has 0 saturated heterocycles. The van der Waals surface area contributed by atoms with Crippen LogP contribution in [0.5, 0.6) is 0 Å². The predicted molar refractivity (Wildman–Crippen MR) is 86.0 cm³/mol. The summed E-state index contributed by atoms with van der Waals surface area (Å²) in [6, 6.07) is 5.43. The van der Waals surface area contributed by atoms with Crippen LogP contribution in [0.25, 0.3) is 16.0 Å². The van der Waals surface area contributed by atoms with Crippen molar-refractivity contribution in [2.75, 3.05) is 5.32 Å². The Hall–Kier alpha value is -3.14. The zero-order chi connectivity index (χ0) is 16.0. The van der Waals surface area contributed by atoms with Gasteiger partial charge in [-0.3, -0.25) is 0 Å². The number of anilines is 1. The molecule has 0 amide bonds. The van der Waals surface area contributed by atoms with Crippen LogP contribution < -0.4 is 11.0 Å². The lowest BCUT2D eigenvalue weighted by Crippen LogP contribution is -2.03. The summed E-state index contributed by atoms with van der Waals surface area (Å²) < 4.78 is 1.44. The predicted octanol–water partition coefficient (Wildman–Crippen LogP) is 2.09. The molecule has 0 radical (unpaired) electrons. The van der Waals surface area contributed by atoms with E-state index in [1.165, 1.54) is 15.7 Å². The largest absolute Gasteiger partial charge is 0.372 e. The molecule has 23 heavy (non-hydrogen) atoms. The Bertz CT molecular complexity index is 1090. The van der Waals surface area contributed by atoms with Crippen molar-refractivity contribution in [2.45, 2.75) is 6.54 Å². The standard InChI is InChI=1S/C13H10N6O3S/c20-12-15-8-2-1-7(5-9(8)16-12)6-14-10-11(19(21)22)18-3-4-23-13(18)17-10/h1-5,14H,6H2,(H2,15,16,20). The highest BCUT2D eigenvalue weighted by Gasteiger charge is 2.23. The first-order chi connectivity index (χ1) is 11.1. The second-order valence-electron chi connectivity index (χ2n) is 4.91. The summed E-state index contributed by atoms with van der Waals surface area (Å²) in [5, 5.41) is 16.0. The monoisotopic (exact) mass is 330 g/mol. The summed E-state index contributed by atoms with van der Waals surface area (Å²) in [6.45, 7) is 0.356. The van der Waals surface area contributed by atoms with Crippen LogP contribution in [0.4, 0.5) is 11.6 Å². The molecule has 3 N–H and O–H groups in total. The van der Waals surface area contributed by atoms with Gasteiger partial charge in [-0.25, -0.2) is 4.79 Å². The van der Waals surface area contributed by atoms with Gasteiger partial charge in [0.15, 0.2) is 0 Å². The second-order valence-corrected chi connectivity index (χ2v) is 5.78. The summed E-state index contributed by atoms with van der Waals surface area (Å²) in [7, 11) is 0. The number of imidazole rings is 2. The van der Waals surface area contributed by atoms with Crippen LogP contribution in [-0.2, 0) is 6.54 Å². The van der Waals surface area contributed by atoms with E-state index in [9.17, 15) is 14.9 Å². The molecule has 116 valence electrons. The van der Waals surface area contributed by atoms with Crippen molar-refractivity contribution >= 4 is 39.0 Å². The lowest BCUT2D eigenvalue weighted by molar-refractivity contribution is -0.389. The van der Waals surface area contributed by atoms with Crippen molar-refractivity contribution in [2.24, 2.45) is 0 Å². The fourth-order valence-corrected chi connectivity index (χ4v) is 3.15. The number of nitro groups is 1. The third-order valence-corrected chi connectivity index (χ3v) is 4.21. The fraction of sp³-hybridized carbons (Fsp3) is 0.0769. The van der Waals surface area contributed by atoms with E-state index in [1.807, 2.05) is 12.1 Å². The maximum atomic E-state index is 11.3. The van der Waals surface area contributed by atoms with E-state index in [0.717, 1.165) is 5.56 Å². The minimum atomic E-state index is -0.456. The molecule has 0 spiro atoms. The van der Waals surface area contributed by atoms with Crippen molar-refractivity contribution in [3.8, 4) is 0 Å². The Morgan fingerprint density at radius 3 is 3.00 bits per heavy atom. The number of H-pyrrole nitrogens is 2. The van der Waals surface area contributed by atoms with E-state index in [4.69, 9.17) is 0 Å². The maximum absolute atomic E-state index is 11.3. The Kier molecular flexibility index (Phi) is 2.91. The average Bonchev–Trinajstić information content (AvgIpc) is 3.15. The van der Waals surface area contributed by atoms with Gasteiger partial charge >= 0.3 is 11.5 Å². The molecular formula is C13H10N6O3S. The molecule has 0 aliphatic rings. The van der Waals surface area contributed by atoms with E-state index in [-0.39, 0.29) is 17.3 Å². The molecule has 0 aliphatic carbocycles. The van der Waals surface area contributed by atoms with Gasteiger partial charge in [-0.1, -0.05) is 17.4 Å². The zero-order valence-corrected chi connectivity index (χ0v) is 12.4.